The molecule has 30 heavy (non-hydrogen) atoms. The smallest absolute Gasteiger partial charge is 0.329 e. The molecule has 1 fully saturated rings. The number of para-hydroxylation sites is 2. The number of fused-ring (bicyclic) bond motifs is 1. The number of carbonyl (C=O) groups is 2. The van der Waals surface area contributed by atoms with Gasteiger partial charge in [0.15, 0.2) is 5.76 Å². The number of piperazine rings is 1. The summed E-state index contributed by atoms with van der Waals surface area (Å²) in [6.07, 6.45) is 2.60. The van der Waals surface area contributed by atoms with Crippen LogP contribution < -0.4 is 5.69 Å². The average molecular weight is 410 g/mol. The van der Waals surface area contributed by atoms with Crippen LogP contribution in [0.1, 0.15) is 30.3 Å². The van der Waals surface area contributed by atoms with Gasteiger partial charge in [-0.15, -0.1) is 0 Å². The van der Waals surface area contributed by atoms with Crippen molar-refractivity contribution in [3.8, 4) is 0 Å². The van der Waals surface area contributed by atoms with Crippen molar-refractivity contribution in [2.75, 3.05) is 26.2 Å². The van der Waals surface area contributed by atoms with Gasteiger partial charge < -0.3 is 14.2 Å². The van der Waals surface area contributed by atoms with Gasteiger partial charge in [0.25, 0.3) is 5.91 Å². The molecule has 4 rings (SSSR count). The Kier molecular flexibility index (Phi) is 5.74. The summed E-state index contributed by atoms with van der Waals surface area (Å²) in [5.74, 6) is 0.166. The van der Waals surface area contributed by atoms with Gasteiger partial charge in [0, 0.05) is 45.7 Å². The highest BCUT2D eigenvalue weighted by molar-refractivity contribution is 5.91. The molecule has 0 spiro atoms. The van der Waals surface area contributed by atoms with E-state index in [4.69, 9.17) is 4.42 Å². The molecule has 2 amide bonds. The monoisotopic (exact) mass is 410 g/mol. The number of rotatable bonds is 6. The Labute approximate surface area is 174 Å². The van der Waals surface area contributed by atoms with Crippen LogP contribution in [0.3, 0.4) is 0 Å². The van der Waals surface area contributed by atoms with Crippen LogP contribution in [0, 0.1) is 0 Å². The van der Waals surface area contributed by atoms with Crippen LogP contribution >= 0.6 is 0 Å². The van der Waals surface area contributed by atoms with Crippen LogP contribution in [0.15, 0.2) is 51.9 Å². The summed E-state index contributed by atoms with van der Waals surface area (Å²) in [5, 5.41) is 0. The van der Waals surface area contributed by atoms with Crippen molar-refractivity contribution in [1.82, 2.24) is 18.9 Å². The van der Waals surface area contributed by atoms with Crippen molar-refractivity contribution >= 4 is 22.8 Å². The molecule has 0 unspecified atom stereocenters. The molecule has 0 N–H and O–H groups in total. The third-order valence-electron chi connectivity index (χ3n) is 5.57. The van der Waals surface area contributed by atoms with E-state index in [0.717, 1.165) is 17.5 Å². The topological polar surface area (TPSA) is 80.7 Å². The number of aromatic nitrogens is 2. The van der Waals surface area contributed by atoms with E-state index in [1.807, 2.05) is 31.2 Å². The molecule has 1 aliphatic heterocycles. The quantitative estimate of drug-likeness (QED) is 0.624. The molecular formula is C22H26N4O4. The molecule has 1 saturated heterocycles. The molecule has 2 aromatic heterocycles. The Morgan fingerprint density at radius 3 is 2.13 bits per heavy atom. The molecule has 0 saturated carbocycles. The fourth-order valence-corrected chi connectivity index (χ4v) is 4.01. The number of amides is 2. The van der Waals surface area contributed by atoms with Gasteiger partial charge in [0.05, 0.1) is 17.3 Å². The molecule has 0 atom stereocenters. The van der Waals surface area contributed by atoms with Crippen LogP contribution in [-0.2, 0) is 17.9 Å². The predicted octanol–water partition coefficient (Wildman–Crippen LogP) is 2.18. The normalized spacial score (nSPS) is 14.4. The van der Waals surface area contributed by atoms with Gasteiger partial charge in [-0.25, -0.2) is 4.79 Å². The molecule has 0 radical (unpaired) electrons. The van der Waals surface area contributed by atoms with Gasteiger partial charge in [0.1, 0.15) is 0 Å². The summed E-state index contributed by atoms with van der Waals surface area (Å²) in [5.41, 5.74) is 1.69. The minimum absolute atomic E-state index is 0.000629. The fourth-order valence-electron chi connectivity index (χ4n) is 4.01. The standard InChI is InChI=1S/C22H26N4O4/c1-2-10-25-17-6-3-4-7-18(17)26(22(25)29)11-9-20(27)23-12-14-24(15-13-23)21(28)19-8-5-16-30-19/h3-8,16H,2,9-15H2,1H3. The number of nitrogens with zero attached hydrogens (tertiary/aromatic N) is 4. The van der Waals surface area contributed by atoms with E-state index in [0.29, 0.717) is 45.0 Å². The SMILES string of the molecule is CCCn1c(=O)n(CCC(=O)N2CCN(C(=O)c3ccco3)CC2)c2ccccc21. The molecule has 8 heteroatoms. The predicted molar refractivity (Wildman–Crippen MR) is 112 cm³/mol. The van der Waals surface area contributed by atoms with E-state index in [1.165, 1.54) is 6.26 Å². The second-order valence-electron chi connectivity index (χ2n) is 7.47. The largest absolute Gasteiger partial charge is 0.459 e. The number of aryl methyl sites for hydroxylation is 2. The first-order chi connectivity index (χ1) is 14.6. The lowest BCUT2D eigenvalue weighted by molar-refractivity contribution is -0.132. The van der Waals surface area contributed by atoms with Crippen LogP contribution in [0.4, 0.5) is 0 Å². The zero-order chi connectivity index (χ0) is 21.1. The molecule has 3 heterocycles. The number of benzene rings is 1. The number of carbonyl (C=O) groups excluding carboxylic acids is 2. The minimum atomic E-state index is -0.151. The van der Waals surface area contributed by atoms with Crippen molar-refractivity contribution in [3.05, 3.63) is 58.9 Å². The van der Waals surface area contributed by atoms with Gasteiger partial charge in [-0.3, -0.25) is 18.7 Å². The third-order valence-corrected chi connectivity index (χ3v) is 5.57. The third kappa shape index (κ3) is 3.77. The molecule has 8 nitrogen and oxygen atoms in total. The molecule has 1 aromatic carbocycles. The van der Waals surface area contributed by atoms with Gasteiger partial charge in [-0.05, 0) is 30.7 Å². The minimum Gasteiger partial charge on any atom is -0.459 e. The first-order valence-electron chi connectivity index (χ1n) is 10.4. The molecular weight excluding hydrogens is 384 g/mol. The highest BCUT2D eigenvalue weighted by Crippen LogP contribution is 2.15. The van der Waals surface area contributed by atoms with Crippen molar-refractivity contribution in [3.63, 3.8) is 0 Å². The van der Waals surface area contributed by atoms with E-state index >= 15 is 0 Å². The van der Waals surface area contributed by atoms with Gasteiger partial charge in [-0.2, -0.15) is 0 Å². The number of hydrogen-bond donors (Lipinski definition) is 0. The first kappa shape index (κ1) is 20.0. The molecule has 0 bridgehead atoms. The van der Waals surface area contributed by atoms with Crippen molar-refractivity contribution in [1.29, 1.82) is 0 Å². The zero-order valence-electron chi connectivity index (χ0n) is 17.1. The Morgan fingerprint density at radius 1 is 0.900 bits per heavy atom. The number of imidazole rings is 1. The van der Waals surface area contributed by atoms with Crippen LogP contribution in [0.25, 0.3) is 11.0 Å². The number of furan rings is 1. The van der Waals surface area contributed by atoms with E-state index < -0.39 is 0 Å². The summed E-state index contributed by atoms with van der Waals surface area (Å²) in [7, 11) is 0. The Morgan fingerprint density at radius 2 is 1.53 bits per heavy atom. The van der Waals surface area contributed by atoms with Crippen LogP contribution in [0.5, 0.6) is 0 Å². The van der Waals surface area contributed by atoms with Gasteiger partial charge >= 0.3 is 5.69 Å². The lowest BCUT2D eigenvalue weighted by Crippen LogP contribution is -2.50. The molecule has 1 aliphatic rings. The van der Waals surface area contributed by atoms with E-state index in [1.54, 1.807) is 31.1 Å². The maximum absolute atomic E-state index is 12.8. The van der Waals surface area contributed by atoms with E-state index in [2.05, 4.69) is 0 Å². The van der Waals surface area contributed by atoms with Crippen molar-refractivity contribution < 1.29 is 14.0 Å². The van der Waals surface area contributed by atoms with E-state index in [-0.39, 0.29) is 23.9 Å². The first-order valence-corrected chi connectivity index (χ1v) is 10.4. The Bertz CT molecular complexity index is 1090. The summed E-state index contributed by atoms with van der Waals surface area (Å²) in [6.45, 7) is 4.96. The second-order valence-corrected chi connectivity index (χ2v) is 7.47. The molecule has 158 valence electrons. The molecule has 0 aliphatic carbocycles. The zero-order valence-corrected chi connectivity index (χ0v) is 17.1. The fraction of sp³-hybridized carbons (Fsp3) is 0.409. The summed E-state index contributed by atoms with van der Waals surface area (Å²) in [6, 6.07) is 11.0. The van der Waals surface area contributed by atoms with Crippen molar-refractivity contribution in [2.24, 2.45) is 0 Å². The highest BCUT2D eigenvalue weighted by atomic mass is 16.3. The maximum Gasteiger partial charge on any atom is 0.329 e. The van der Waals surface area contributed by atoms with Crippen molar-refractivity contribution in [2.45, 2.75) is 32.9 Å². The maximum atomic E-state index is 12.8. The van der Waals surface area contributed by atoms with Gasteiger partial charge in [0.2, 0.25) is 5.91 Å². The Balaban J connectivity index is 1.38. The lowest BCUT2D eigenvalue weighted by atomic mass is 10.2. The summed E-state index contributed by atoms with van der Waals surface area (Å²) >= 11 is 0. The van der Waals surface area contributed by atoms with Gasteiger partial charge in [-0.1, -0.05) is 19.1 Å². The summed E-state index contributed by atoms with van der Waals surface area (Å²) in [4.78, 5) is 41.4. The average Bonchev–Trinajstić information content (AvgIpc) is 3.40. The second kappa shape index (κ2) is 8.61. The lowest BCUT2D eigenvalue weighted by Gasteiger charge is -2.34. The Hall–Kier alpha value is -3.29. The summed E-state index contributed by atoms with van der Waals surface area (Å²) < 4.78 is 8.64. The van der Waals surface area contributed by atoms with Crippen LogP contribution in [0.2, 0.25) is 0 Å². The van der Waals surface area contributed by atoms with E-state index in [9.17, 15) is 14.4 Å². The highest BCUT2D eigenvalue weighted by Gasteiger charge is 2.26. The van der Waals surface area contributed by atoms with Crippen LogP contribution in [-0.4, -0.2) is 56.9 Å². The number of hydrogen-bond acceptors (Lipinski definition) is 4. The molecule has 3 aromatic rings.